The van der Waals surface area contributed by atoms with Crippen molar-refractivity contribution in [3.63, 3.8) is 0 Å². The lowest BCUT2D eigenvalue weighted by atomic mass is 9.90. The zero-order chi connectivity index (χ0) is 17.1. The van der Waals surface area contributed by atoms with Gasteiger partial charge in [-0.2, -0.15) is 0 Å². The van der Waals surface area contributed by atoms with Crippen LogP contribution in [0.2, 0.25) is 0 Å². The summed E-state index contributed by atoms with van der Waals surface area (Å²) in [5.41, 5.74) is 15.0. The summed E-state index contributed by atoms with van der Waals surface area (Å²) in [6.45, 7) is 6.38. The molecular weight excluding hydrogens is 314 g/mol. The second-order valence-electron chi connectivity index (χ2n) is 6.28. The molecule has 0 bridgehead atoms. The molecule has 3 nitrogen and oxygen atoms in total. The van der Waals surface area contributed by atoms with E-state index in [2.05, 4.69) is 61.2 Å². The van der Waals surface area contributed by atoms with Gasteiger partial charge in [0.2, 0.25) is 0 Å². The highest BCUT2D eigenvalue weighted by Crippen LogP contribution is 2.28. The van der Waals surface area contributed by atoms with Crippen molar-refractivity contribution in [2.24, 2.45) is 0 Å². The maximum Gasteiger partial charge on any atom is 0.189 e. The highest BCUT2D eigenvalue weighted by atomic mass is 32.1. The van der Waals surface area contributed by atoms with Crippen molar-refractivity contribution in [1.82, 2.24) is 10.9 Å². The third-order valence-corrected chi connectivity index (χ3v) is 4.56. The molecule has 4 heteroatoms. The van der Waals surface area contributed by atoms with Gasteiger partial charge < -0.3 is 5.32 Å². The molecule has 3 rings (SSSR count). The van der Waals surface area contributed by atoms with Crippen LogP contribution in [0.5, 0.6) is 0 Å². The van der Waals surface area contributed by atoms with Crippen molar-refractivity contribution in [3.8, 4) is 0 Å². The highest BCUT2D eigenvalue weighted by molar-refractivity contribution is 7.80. The molecule has 0 saturated heterocycles. The van der Waals surface area contributed by atoms with E-state index in [4.69, 9.17) is 12.2 Å². The Morgan fingerprint density at radius 1 is 1.04 bits per heavy atom. The molecule has 2 aromatic carbocycles. The third-order valence-electron chi connectivity index (χ3n) is 4.35. The van der Waals surface area contributed by atoms with Crippen molar-refractivity contribution in [3.05, 3.63) is 70.3 Å². The van der Waals surface area contributed by atoms with Crippen LogP contribution in [0.4, 0.5) is 5.69 Å². The smallest absolute Gasteiger partial charge is 0.189 e. The zero-order valence-corrected chi connectivity index (χ0v) is 15.2. The van der Waals surface area contributed by atoms with Crippen molar-refractivity contribution < 1.29 is 0 Å². The van der Waals surface area contributed by atoms with Gasteiger partial charge in [-0.25, -0.2) is 0 Å². The SMILES string of the molecule is Cc1cc(C)c2c(c1)C(NNC(=S)Nc1ccccc1C)=CCC2. The van der Waals surface area contributed by atoms with Crippen LogP contribution in [0.1, 0.15) is 34.2 Å². The second kappa shape index (κ2) is 7.05. The Hall–Kier alpha value is -2.33. The number of rotatable bonds is 3. The first kappa shape index (κ1) is 16.5. The lowest BCUT2D eigenvalue weighted by Crippen LogP contribution is -2.39. The maximum absolute atomic E-state index is 5.40. The van der Waals surface area contributed by atoms with Crippen molar-refractivity contribution in [2.75, 3.05) is 5.32 Å². The average molecular weight is 337 g/mol. The number of nitrogens with one attached hydrogen (secondary N) is 3. The predicted molar refractivity (Wildman–Crippen MR) is 106 cm³/mol. The summed E-state index contributed by atoms with van der Waals surface area (Å²) in [5.74, 6) is 0. The molecule has 0 saturated carbocycles. The number of thiocarbonyl (C=S) groups is 1. The number of fused-ring (bicyclic) bond motifs is 1. The van der Waals surface area contributed by atoms with E-state index < -0.39 is 0 Å². The van der Waals surface area contributed by atoms with E-state index in [0.717, 1.165) is 29.8 Å². The van der Waals surface area contributed by atoms with E-state index in [-0.39, 0.29) is 0 Å². The van der Waals surface area contributed by atoms with Gasteiger partial charge in [0.1, 0.15) is 0 Å². The molecule has 1 aliphatic carbocycles. The van der Waals surface area contributed by atoms with Gasteiger partial charge in [0, 0.05) is 11.3 Å². The first-order valence-electron chi connectivity index (χ1n) is 8.24. The van der Waals surface area contributed by atoms with Crippen LogP contribution in [0, 0.1) is 20.8 Å². The van der Waals surface area contributed by atoms with Crippen LogP contribution in [-0.2, 0) is 6.42 Å². The molecule has 1 aliphatic rings. The van der Waals surface area contributed by atoms with Gasteiger partial charge in [-0.3, -0.25) is 10.9 Å². The van der Waals surface area contributed by atoms with E-state index in [1.165, 1.54) is 22.3 Å². The molecule has 0 aromatic heterocycles. The van der Waals surface area contributed by atoms with Gasteiger partial charge in [0.15, 0.2) is 5.11 Å². The van der Waals surface area contributed by atoms with Crippen molar-refractivity contribution >= 4 is 28.7 Å². The lowest BCUT2D eigenvalue weighted by molar-refractivity contribution is 0.823. The van der Waals surface area contributed by atoms with Gasteiger partial charge >= 0.3 is 0 Å². The van der Waals surface area contributed by atoms with Crippen LogP contribution in [0.15, 0.2) is 42.5 Å². The maximum atomic E-state index is 5.40. The molecule has 2 aromatic rings. The van der Waals surface area contributed by atoms with Crippen molar-refractivity contribution in [1.29, 1.82) is 0 Å². The summed E-state index contributed by atoms with van der Waals surface area (Å²) in [5, 5.41) is 3.78. The van der Waals surface area contributed by atoms with E-state index >= 15 is 0 Å². The van der Waals surface area contributed by atoms with Gasteiger partial charge in [-0.1, -0.05) is 35.9 Å². The molecule has 3 N–H and O–H groups in total. The first-order valence-corrected chi connectivity index (χ1v) is 8.64. The molecule has 0 heterocycles. The molecule has 124 valence electrons. The van der Waals surface area contributed by atoms with E-state index in [9.17, 15) is 0 Å². The largest absolute Gasteiger partial charge is 0.331 e. The Morgan fingerprint density at radius 2 is 1.83 bits per heavy atom. The van der Waals surface area contributed by atoms with Gasteiger partial charge in [-0.05, 0) is 74.7 Å². The molecule has 0 aliphatic heterocycles. The summed E-state index contributed by atoms with van der Waals surface area (Å²) in [6.07, 6.45) is 4.36. The Balaban J connectivity index is 1.69. The zero-order valence-electron chi connectivity index (χ0n) is 14.4. The quantitative estimate of drug-likeness (QED) is 0.573. The monoisotopic (exact) mass is 337 g/mol. The van der Waals surface area contributed by atoms with Crippen LogP contribution < -0.4 is 16.2 Å². The van der Waals surface area contributed by atoms with Gasteiger partial charge in [0.05, 0.1) is 5.70 Å². The Kier molecular flexibility index (Phi) is 4.86. The summed E-state index contributed by atoms with van der Waals surface area (Å²) < 4.78 is 0. The summed E-state index contributed by atoms with van der Waals surface area (Å²) in [6, 6.07) is 12.6. The Labute approximate surface area is 149 Å². The number of hydrogen-bond acceptors (Lipinski definition) is 2. The third kappa shape index (κ3) is 3.60. The first-order chi connectivity index (χ1) is 11.5. The number of aryl methyl sites for hydroxylation is 3. The number of hydrazine groups is 1. The molecule has 0 radical (unpaired) electrons. The van der Waals surface area contributed by atoms with E-state index in [1.54, 1.807) is 0 Å². The molecule has 0 atom stereocenters. The number of hydrogen-bond donors (Lipinski definition) is 3. The number of para-hydroxylation sites is 1. The average Bonchev–Trinajstić information content (AvgIpc) is 2.55. The Morgan fingerprint density at radius 3 is 2.62 bits per heavy atom. The summed E-state index contributed by atoms with van der Waals surface area (Å²) >= 11 is 5.40. The summed E-state index contributed by atoms with van der Waals surface area (Å²) in [7, 11) is 0. The van der Waals surface area contributed by atoms with E-state index in [0.29, 0.717) is 5.11 Å². The number of allylic oxidation sites excluding steroid dienone is 1. The van der Waals surface area contributed by atoms with Crippen molar-refractivity contribution in [2.45, 2.75) is 33.6 Å². The number of anilines is 1. The molecule has 0 spiro atoms. The van der Waals surface area contributed by atoms with Gasteiger partial charge in [0.25, 0.3) is 0 Å². The minimum atomic E-state index is 0.557. The van der Waals surface area contributed by atoms with Gasteiger partial charge in [-0.15, -0.1) is 0 Å². The predicted octanol–water partition coefficient (Wildman–Crippen LogP) is 4.39. The van der Waals surface area contributed by atoms with Crippen LogP contribution in [0.25, 0.3) is 5.70 Å². The minimum Gasteiger partial charge on any atom is -0.331 e. The molecule has 0 amide bonds. The topological polar surface area (TPSA) is 36.1 Å². The normalized spacial score (nSPS) is 12.9. The fourth-order valence-corrected chi connectivity index (χ4v) is 3.31. The Bertz CT molecular complexity index is 809. The standard InChI is InChI=1S/C20H23N3S/c1-13-11-15(3)16-8-6-10-19(17(16)12-13)22-23-20(24)21-18-9-5-4-7-14(18)2/h4-5,7,9-12,22H,6,8H2,1-3H3,(H2,21,23,24). The molecular formula is C20H23N3S. The lowest BCUT2D eigenvalue weighted by Gasteiger charge is -2.23. The van der Waals surface area contributed by atoms with E-state index in [1.807, 2.05) is 18.2 Å². The second-order valence-corrected chi connectivity index (χ2v) is 6.69. The van der Waals surface area contributed by atoms with Crippen LogP contribution >= 0.6 is 12.2 Å². The van der Waals surface area contributed by atoms with Crippen LogP contribution in [-0.4, -0.2) is 5.11 Å². The fraction of sp³-hybridized carbons (Fsp3) is 0.250. The summed E-state index contributed by atoms with van der Waals surface area (Å²) in [4.78, 5) is 0. The fourth-order valence-electron chi connectivity index (χ4n) is 3.15. The minimum absolute atomic E-state index is 0.557. The molecule has 0 unspecified atom stereocenters. The molecule has 0 fully saturated rings. The van der Waals surface area contributed by atoms with Crippen LogP contribution in [0.3, 0.4) is 0 Å². The number of benzene rings is 2. The highest BCUT2D eigenvalue weighted by Gasteiger charge is 2.15. The molecule has 24 heavy (non-hydrogen) atoms.